The number of anilines is 1. The molecule has 0 saturated heterocycles. The molecule has 0 aliphatic rings. The van der Waals surface area contributed by atoms with Crippen LogP contribution < -0.4 is 5.32 Å². The van der Waals surface area contributed by atoms with E-state index in [4.69, 9.17) is 0 Å². The standard InChI is InChI=1S/C15H26N2S/c1-13-7-5-6-8-15(13)16-10-11-17(3)14(2)9-12-18-4/h5-8,14,16H,9-12H2,1-4H3. The average Bonchev–Trinajstić information content (AvgIpc) is 2.38. The molecule has 1 unspecified atom stereocenters. The van der Waals surface area contributed by atoms with Gasteiger partial charge in [-0.3, -0.25) is 0 Å². The fourth-order valence-electron chi connectivity index (χ4n) is 1.87. The van der Waals surface area contributed by atoms with E-state index in [1.165, 1.54) is 23.4 Å². The summed E-state index contributed by atoms with van der Waals surface area (Å²) in [5, 5.41) is 3.51. The molecule has 0 aliphatic heterocycles. The van der Waals surface area contributed by atoms with Crippen LogP contribution in [-0.2, 0) is 0 Å². The maximum absolute atomic E-state index is 3.51. The second kappa shape index (κ2) is 8.44. The SMILES string of the molecule is CSCCC(C)N(C)CCNc1ccccc1C. The largest absolute Gasteiger partial charge is 0.384 e. The third-order valence-electron chi connectivity index (χ3n) is 3.42. The lowest BCUT2D eigenvalue weighted by atomic mass is 10.2. The van der Waals surface area contributed by atoms with Crippen molar-refractivity contribution in [3.8, 4) is 0 Å². The number of thioether (sulfide) groups is 1. The van der Waals surface area contributed by atoms with Crippen LogP contribution in [0.5, 0.6) is 0 Å². The Morgan fingerprint density at radius 1 is 1.33 bits per heavy atom. The molecule has 0 bridgehead atoms. The molecule has 0 aliphatic carbocycles. The van der Waals surface area contributed by atoms with Gasteiger partial charge in [0, 0.05) is 24.8 Å². The van der Waals surface area contributed by atoms with E-state index < -0.39 is 0 Å². The van der Waals surface area contributed by atoms with Gasteiger partial charge >= 0.3 is 0 Å². The van der Waals surface area contributed by atoms with Crippen molar-refractivity contribution in [3.05, 3.63) is 29.8 Å². The Labute approximate surface area is 116 Å². The second-order valence-corrected chi connectivity index (χ2v) is 5.84. The third-order valence-corrected chi connectivity index (χ3v) is 4.06. The fourth-order valence-corrected chi connectivity index (χ4v) is 2.44. The van der Waals surface area contributed by atoms with E-state index in [0.717, 1.165) is 13.1 Å². The summed E-state index contributed by atoms with van der Waals surface area (Å²) in [7, 11) is 2.21. The molecule has 2 nitrogen and oxygen atoms in total. The maximum atomic E-state index is 3.51. The molecule has 0 spiro atoms. The number of rotatable bonds is 8. The number of hydrogen-bond donors (Lipinski definition) is 1. The topological polar surface area (TPSA) is 15.3 Å². The van der Waals surface area contributed by atoms with Gasteiger partial charge < -0.3 is 10.2 Å². The highest BCUT2D eigenvalue weighted by Gasteiger charge is 2.07. The number of nitrogens with zero attached hydrogens (tertiary/aromatic N) is 1. The van der Waals surface area contributed by atoms with Crippen LogP contribution in [0.2, 0.25) is 0 Å². The predicted octanol–water partition coefficient (Wildman–Crippen LogP) is 3.48. The van der Waals surface area contributed by atoms with Crippen LogP contribution in [0.4, 0.5) is 5.69 Å². The Morgan fingerprint density at radius 3 is 2.72 bits per heavy atom. The van der Waals surface area contributed by atoms with Gasteiger partial charge in [0.1, 0.15) is 0 Å². The van der Waals surface area contributed by atoms with Gasteiger partial charge in [0.25, 0.3) is 0 Å². The number of hydrogen-bond acceptors (Lipinski definition) is 3. The van der Waals surface area contributed by atoms with Gasteiger partial charge in [0.05, 0.1) is 0 Å². The minimum absolute atomic E-state index is 0.663. The highest BCUT2D eigenvalue weighted by atomic mass is 32.2. The molecule has 0 saturated carbocycles. The molecule has 1 aromatic rings. The molecule has 0 amide bonds. The van der Waals surface area contributed by atoms with Crippen molar-refractivity contribution in [1.82, 2.24) is 4.90 Å². The molecule has 0 aromatic heterocycles. The quantitative estimate of drug-likeness (QED) is 0.775. The zero-order valence-corrected chi connectivity index (χ0v) is 12.9. The summed E-state index contributed by atoms with van der Waals surface area (Å²) in [4.78, 5) is 2.43. The van der Waals surface area contributed by atoms with Gasteiger partial charge in [-0.25, -0.2) is 0 Å². The van der Waals surface area contributed by atoms with Crippen LogP contribution in [0.25, 0.3) is 0 Å². The molecular formula is C15H26N2S. The first-order chi connectivity index (χ1) is 8.65. The summed E-state index contributed by atoms with van der Waals surface area (Å²) in [5.41, 5.74) is 2.57. The molecule has 1 atom stereocenters. The molecule has 18 heavy (non-hydrogen) atoms. The molecule has 1 rings (SSSR count). The van der Waals surface area contributed by atoms with Gasteiger partial charge in [-0.2, -0.15) is 11.8 Å². The van der Waals surface area contributed by atoms with E-state index in [0.29, 0.717) is 6.04 Å². The summed E-state index contributed by atoms with van der Waals surface area (Å²) >= 11 is 1.93. The van der Waals surface area contributed by atoms with Crippen molar-refractivity contribution in [2.75, 3.05) is 37.5 Å². The minimum Gasteiger partial charge on any atom is -0.384 e. The molecule has 0 radical (unpaired) electrons. The number of para-hydroxylation sites is 1. The maximum Gasteiger partial charge on any atom is 0.0370 e. The van der Waals surface area contributed by atoms with Crippen molar-refractivity contribution < 1.29 is 0 Å². The van der Waals surface area contributed by atoms with Crippen LogP contribution in [0.3, 0.4) is 0 Å². The van der Waals surface area contributed by atoms with Gasteiger partial charge in [0.15, 0.2) is 0 Å². The molecule has 1 aromatic carbocycles. The van der Waals surface area contributed by atoms with Crippen molar-refractivity contribution in [3.63, 3.8) is 0 Å². The lowest BCUT2D eigenvalue weighted by Gasteiger charge is -2.24. The highest BCUT2D eigenvalue weighted by molar-refractivity contribution is 7.98. The van der Waals surface area contributed by atoms with E-state index in [2.05, 4.69) is 61.6 Å². The van der Waals surface area contributed by atoms with E-state index in [9.17, 15) is 0 Å². The van der Waals surface area contributed by atoms with Gasteiger partial charge in [0.2, 0.25) is 0 Å². The van der Waals surface area contributed by atoms with Gasteiger partial charge in [-0.1, -0.05) is 18.2 Å². The Bertz CT molecular complexity index is 341. The average molecular weight is 266 g/mol. The Hall–Kier alpha value is -0.670. The highest BCUT2D eigenvalue weighted by Crippen LogP contribution is 2.12. The minimum atomic E-state index is 0.663. The first kappa shape index (κ1) is 15.4. The molecule has 0 fully saturated rings. The molecular weight excluding hydrogens is 240 g/mol. The van der Waals surface area contributed by atoms with E-state index >= 15 is 0 Å². The van der Waals surface area contributed by atoms with Gasteiger partial charge in [-0.15, -0.1) is 0 Å². The Morgan fingerprint density at radius 2 is 2.06 bits per heavy atom. The Kier molecular flexibility index (Phi) is 7.21. The zero-order valence-electron chi connectivity index (χ0n) is 12.1. The van der Waals surface area contributed by atoms with E-state index in [-0.39, 0.29) is 0 Å². The van der Waals surface area contributed by atoms with Crippen LogP contribution in [0, 0.1) is 6.92 Å². The molecule has 3 heteroatoms. The van der Waals surface area contributed by atoms with Crippen molar-refractivity contribution in [1.29, 1.82) is 0 Å². The van der Waals surface area contributed by atoms with Crippen LogP contribution >= 0.6 is 11.8 Å². The molecule has 0 heterocycles. The second-order valence-electron chi connectivity index (χ2n) is 4.85. The smallest absolute Gasteiger partial charge is 0.0370 e. The van der Waals surface area contributed by atoms with Crippen molar-refractivity contribution in [2.45, 2.75) is 26.3 Å². The van der Waals surface area contributed by atoms with Gasteiger partial charge in [-0.05, 0) is 51.0 Å². The Balaban J connectivity index is 2.27. The monoisotopic (exact) mass is 266 g/mol. The summed E-state index contributed by atoms with van der Waals surface area (Å²) in [6.07, 6.45) is 3.44. The number of nitrogens with one attached hydrogen (secondary N) is 1. The lowest BCUT2D eigenvalue weighted by molar-refractivity contribution is 0.262. The van der Waals surface area contributed by atoms with Crippen LogP contribution in [-0.4, -0.2) is 43.1 Å². The normalized spacial score (nSPS) is 12.7. The number of benzene rings is 1. The molecule has 1 N–H and O–H groups in total. The number of aryl methyl sites for hydroxylation is 1. The van der Waals surface area contributed by atoms with E-state index in [1.54, 1.807) is 0 Å². The number of likely N-dealkylation sites (N-methyl/N-ethyl adjacent to an activating group) is 1. The van der Waals surface area contributed by atoms with Crippen LogP contribution in [0.15, 0.2) is 24.3 Å². The summed E-state index contributed by atoms with van der Waals surface area (Å²) < 4.78 is 0. The van der Waals surface area contributed by atoms with Crippen LogP contribution in [0.1, 0.15) is 18.9 Å². The first-order valence-electron chi connectivity index (χ1n) is 6.64. The van der Waals surface area contributed by atoms with Crippen molar-refractivity contribution >= 4 is 17.4 Å². The molecule has 102 valence electrons. The third kappa shape index (κ3) is 5.32. The fraction of sp³-hybridized carbons (Fsp3) is 0.600. The zero-order chi connectivity index (χ0) is 13.4. The van der Waals surface area contributed by atoms with Crippen molar-refractivity contribution in [2.24, 2.45) is 0 Å². The lowest BCUT2D eigenvalue weighted by Crippen LogP contribution is -2.33. The predicted molar refractivity (Wildman–Crippen MR) is 84.8 cm³/mol. The van der Waals surface area contributed by atoms with E-state index in [1.807, 2.05) is 11.8 Å². The first-order valence-corrected chi connectivity index (χ1v) is 8.03. The summed E-state index contributed by atoms with van der Waals surface area (Å²) in [6, 6.07) is 9.12. The summed E-state index contributed by atoms with van der Waals surface area (Å²) in [5.74, 6) is 1.25. The summed E-state index contributed by atoms with van der Waals surface area (Å²) in [6.45, 7) is 6.55.